The van der Waals surface area contributed by atoms with Gasteiger partial charge in [0, 0.05) is 12.0 Å². The molecule has 3 nitrogen and oxygen atoms in total. The molecule has 0 saturated carbocycles. The van der Waals surface area contributed by atoms with E-state index in [1.54, 1.807) is 0 Å². The quantitative estimate of drug-likeness (QED) is 0.865. The maximum atomic E-state index is 12.4. The second kappa shape index (κ2) is 6.89. The van der Waals surface area contributed by atoms with Crippen molar-refractivity contribution in [2.75, 3.05) is 6.54 Å². The normalized spacial score (nSPS) is 19.5. The maximum absolute atomic E-state index is 12.4. The molecule has 3 N–H and O–H groups in total. The Morgan fingerprint density at radius 2 is 2.05 bits per heavy atom. The van der Waals surface area contributed by atoms with Gasteiger partial charge in [-0.05, 0) is 49.3 Å². The topological polar surface area (TPSA) is 55.1 Å². The van der Waals surface area contributed by atoms with Crippen molar-refractivity contribution in [2.45, 2.75) is 45.6 Å². The lowest BCUT2D eigenvalue weighted by atomic mass is 9.83. The van der Waals surface area contributed by atoms with E-state index in [-0.39, 0.29) is 17.9 Å². The Balaban J connectivity index is 1.97. The van der Waals surface area contributed by atoms with Crippen molar-refractivity contribution in [1.29, 1.82) is 0 Å². The summed E-state index contributed by atoms with van der Waals surface area (Å²) in [5.74, 6) is 0.744. The summed E-state index contributed by atoms with van der Waals surface area (Å²) in [7, 11) is 0. The van der Waals surface area contributed by atoms with Crippen molar-refractivity contribution in [2.24, 2.45) is 17.6 Å². The van der Waals surface area contributed by atoms with Crippen LogP contribution in [0.3, 0.4) is 0 Å². The fraction of sp³-hybridized carbons (Fsp3) is 0.588. The standard InChI is InChI=1S/C17H26N2O/c1-12(2)16(9-10-18)19-17(20)15-8-7-13-5-3-4-6-14(13)11-15/h3-6,12,15-16H,7-11,18H2,1-2H3,(H,19,20). The molecule has 1 aromatic carbocycles. The van der Waals surface area contributed by atoms with Gasteiger partial charge in [-0.25, -0.2) is 0 Å². The van der Waals surface area contributed by atoms with E-state index in [0.29, 0.717) is 12.5 Å². The van der Waals surface area contributed by atoms with Gasteiger partial charge in [0.2, 0.25) is 5.91 Å². The minimum atomic E-state index is 0.115. The molecule has 0 saturated heterocycles. The lowest BCUT2D eigenvalue weighted by Crippen LogP contribution is -2.44. The third-order valence-electron chi connectivity index (χ3n) is 4.33. The average molecular weight is 274 g/mol. The number of carbonyl (C=O) groups is 1. The molecule has 2 rings (SSSR count). The Hall–Kier alpha value is -1.35. The summed E-state index contributed by atoms with van der Waals surface area (Å²) in [4.78, 5) is 12.4. The van der Waals surface area contributed by atoms with Crippen molar-refractivity contribution >= 4 is 5.91 Å². The zero-order valence-corrected chi connectivity index (χ0v) is 12.6. The van der Waals surface area contributed by atoms with Crippen molar-refractivity contribution in [3.63, 3.8) is 0 Å². The summed E-state index contributed by atoms with van der Waals surface area (Å²) in [5.41, 5.74) is 8.37. The van der Waals surface area contributed by atoms with Crippen molar-refractivity contribution < 1.29 is 4.79 Å². The lowest BCUT2D eigenvalue weighted by Gasteiger charge is -2.28. The smallest absolute Gasteiger partial charge is 0.223 e. The van der Waals surface area contributed by atoms with E-state index in [1.165, 1.54) is 11.1 Å². The third-order valence-corrected chi connectivity index (χ3v) is 4.33. The number of benzene rings is 1. The van der Waals surface area contributed by atoms with E-state index in [2.05, 4.69) is 43.4 Å². The summed E-state index contributed by atoms with van der Waals surface area (Å²) >= 11 is 0. The van der Waals surface area contributed by atoms with E-state index in [9.17, 15) is 4.79 Å². The molecule has 0 bridgehead atoms. The van der Waals surface area contributed by atoms with Crippen LogP contribution in [-0.4, -0.2) is 18.5 Å². The molecular formula is C17H26N2O. The van der Waals surface area contributed by atoms with E-state index >= 15 is 0 Å². The third kappa shape index (κ3) is 3.60. The first-order chi connectivity index (χ1) is 9.61. The Morgan fingerprint density at radius 1 is 1.35 bits per heavy atom. The predicted octanol–water partition coefficient (Wildman–Crippen LogP) is 2.28. The van der Waals surface area contributed by atoms with Crippen LogP contribution in [0.15, 0.2) is 24.3 Å². The fourth-order valence-electron chi connectivity index (χ4n) is 2.97. The molecule has 2 unspecified atom stereocenters. The molecule has 0 aliphatic heterocycles. The highest BCUT2D eigenvalue weighted by Gasteiger charge is 2.26. The predicted molar refractivity (Wildman–Crippen MR) is 82.4 cm³/mol. The van der Waals surface area contributed by atoms with Crippen molar-refractivity contribution in [3.05, 3.63) is 35.4 Å². The summed E-state index contributed by atoms with van der Waals surface area (Å²) in [5, 5.41) is 3.20. The summed E-state index contributed by atoms with van der Waals surface area (Å²) < 4.78 is 0. The monoisotopic (exact) mass is 274 g/mol. The van der Waals surface area contributed by atoms with Gasteiger partial charge in [-0.2, -0.15) is 0 Å². The van der Waals surface area contributed by atoms with Crippen LogP contribution in [0.5, 0.6) is 0 Å². The molecule has 1 aromatic rings. The van der Waals surface area contributed by atoms with E-state index < -0.39 is 0 Å². The molecule has 1 aliphatic carbocycles. The molecular weight excluding hydrogens is 248 g/mol. The van der Waals surface area contributed by atoms with E-state index in [1.807, 2.05) is 0 Å². The zero-order chi connectivity index (χ0) is 14.5. The molecule has 1 amide bonds. The SMILES string of the molecule is CC(C)C(CCN)NC(=O)C1CCc2ccccc2C1. The number of aryl methyl sites for hydroxylation is 1. The van der Waals surface area contributed by atoms with Gasteiger partial charge in [0.05, 0.1) is 0 Å². The van der Waals surface area contributed by atoms with Gasteiger partial charge in [-0.1, -0.05) is 38.1 Å². The number of carbonyl (C=O) groups excluding carboxylic acids is 1. The van der Waals surface area contributed by atoms with Crippen LogP contribution in [-0.2, 0) is 17.6 Å². The van der Waals surface area contributed by atoms with Crippen LogP contribution in [0, 0.1) is 11.8 Å². The van der Waals surface area contributed by atoms with Gasteiger partial charge in [0.15, 0.2) is 0 Å². The first-order valence-corrected chi connectivity index (χ1v) is 7.69. The van der Waals surface area contributed by atoms with Crippen molar-refractivity contribution in [3.8, 4) is 0 Å². The number of rotatable bonds is 5. The maximum Gasteiger partial charge on any atom is 0.223 e. The summed E-state index contributed by atoms with van der Waals surface area (Å²) in [6, 6.07) is 8.66. The van der Waals surface area contributed by atoms with Gasteiger partial charge in [-0.3, -0.25) is 4.79 Å². The highest BCUT2D eigenvalue weighted by Crippen LogP contribution is 2.25. The highest BCUT2D eigenvalue weighted by molar-refractivity contribution is 5.79. The molecule has 20 heavy (non-hydrogen) atoms. The first kappa shape index (κ1) is 15.0. The molecule has 0 spiro atoms. The Morgan fingerprint density at radius 3 is 2.70 bits per heavy atom. The van der Waals surface area contributed by atoms with Gasteiger partial charge in [-0.15, -0.1) is 0 Å². The van der Waals surface area contributed by atoms with Crippen molar-refractivity contribution in [1.82, 2.24) is 5.32 Å². The number of amides is 1. The van der Waals surface area contributed by atoms with Crippen LogP contribution in [0.4, 0.5) is 0 Å². The second-order valence-electron chi connectivity index (χ2n) is 6.14. The Labute approximate surface area is 121 Å². The molecule has 110 valence electrons. The van der Waals surface area contributed by atoms with Crippen LogP contribution >= 0.6 is 0 Å². The molecule has 0 heterocycles. The second-order valence-corrected chi connectivity index (χ2v) is 6.14. The Bertz CT molecular complexity index is 456. The number of hydrogen-bond donors (Lipinski definition) is 2. The number of hydrogen-bond acceptors (Lipinski definition) is 2. The fourth-order valence-corrected chi connectivity index (χ4v) is 2.97. The van der Waals surface area contributed by atoms with Crippen LogP contribution in [0.25, 0.3) is 0 Å². The molecule has 0 radical (unpaired) electrons. The molecule has 2 atom stereocenters. The molecule has 0 aromatic heterocycles. The lowest BCUT2D eigenvalue weighted by molar-refractivity contribution is -0.126. The van der Waals surface area contributed by atoms with E-state index in [0.717, 1.165) is 25.7 Å². The largest absolute Gasteiger partial charge is 0.353 e. The molecule has 0 fully saturated rings. The average Bonchev–Trinajstić information content (AvgIpc) is 2.46. The molecule has 3 heteroatoms. The number of nitrogens with two attached hydrogens (primary N) is 1. The molecule has 1 aliphatic rings. The van der Waals surface area contributed by atoms with Crippen LogP contribution in [0.1, 0.15) is 37.8 Å². The van der Waals surface area contributed by atoms with Crippen LogP contribution in [0.2, 0.25) is 0 Å². The Kier molecular flexibility index (Phi) is 5.18. The van der Waals surface area contributed by atoms with Gasteiger partial charge < -0.3 is 11.1 Å². The minimum Gasteiger partial charge on any atom is -0.353 e. The van der Waals surface area contributed by atoms with Gasteiger partial charge in [0.25, 0.3) is 0 Å². The van der Waals surface area contributed by atoms with E-state index in [4.69, 9.17) is 5.73 Å². The highest BCUT2D eigenvalue weighted by atomic mass is 16.1. The zero-order valence-electron chi connectivity index (χ0n) is 12.6. The number of fused-ring (bicyclic) bond motifs is 1. The van der Waals surface area contributed by atoms with Gasteiger partial charge in [0.1, 0.15) is 0 Å². The summed E-state index contributed by atoms with van der Waals surface area (Å²) in [6.07, 6.45) is 3.69. The number of nitrogens with one attached hydrogen (secondary N) is 1. The first-order valence-electron chi connectivity index (χ1n) is 7.69. The summed E-state index contributed by atoms with van der Waals surface area (Å²) in [6.45, 7) is 4.89. The van der Waals surface area contributed by atoms with Gasteiger partial charge >= 0.3 is 0 Å². The minimum absolute atomic E-state index is 0.115. The van der Waals surface area contributed by atoms with Crippen LogP contribution < -0.4 is 11.1 Å².